The van der Waals surface area contributed by atoms with Crippen LogP contribution in [0.2, 0.25) is 0 Å². The molecule has 0 aliphatic carbocycles. The van der Waals surface area contributed by atoms with Crippen molar-refractivity contribution < 1.29 is 14.3 Å². The van der Waals surface area contributed by atoms with E-state index >= 15 is 0 Å². The molecule has 0 atom stereocenters. The number of hydrogen-bond acceptors (Lipinski definition) is 5. The third-order valence-corrected chi connectivity index (χ3v) is 2.95. The zero-order valence-corrected chi connectivity index (χ0v) is 10.5. The molecule has 2 rings (SSSR count). The number of ether oxygens (including phenoxy) is 2. The van der Waals surface area contributed by atoms with Gasteiger partial charge in [-0.25, -0.2) is 0 Å². The van der Waals surface area contributed by atoms with Gasteiger partial charge < -0.3 is 14.8 Å². The highest BCUT2D eigenvalue weighted by Gasteiger charge is 2.21. The Kier molecular flexibility index (Phi) is 3.58. The summed E-state index contributed by atoms with van der Waals surface area (Å²) in [5.41, 5.74) is 1.50. The summed E-state index contributed by atoms with van der Waals surface area (Å²) in [7, 11) is 1.48. The monoisotopic (exact) mass is 251 g/mol. The molecule has 0 fully saturated rings. The standard InChI is InChI=1S/C12H13NO3S/c1-15-11(12(14)17-2)9-7-16-10-6-4-3-5-8(10)13-9/h3-6,13H,7H2,1-2H3/b11-9+. The van der Waals surface area contributed by atoms with Gasteiger partial charge in [0, 0.05) is 0 Å². The second kappa shape index (κ2) is 5.14. The maximum Gasteiger partial charge on any atom is 0.255 e. The van der Waals surface area contributed by atoms with E-state index in [2.05, 4.69) is 5.32 Å². The van der Waals surface area contributed by atoms with Crippen LogP contribution < -0.4 is 10.1 Å². The number of anilines is 1. The molecule has 17 heavy (non-hydrogen) atoms. The first-order valence-corrected chi connectivity index (χ1v) is 6.33. The van der Waals surface area contributed by atoms with Gasteiger partial charge in [0.25, 0.3) is 5.12 Å². The average Bonchev–Trinajstić information content (AvgIpc) is 2.39. The van der Waals surface area contributed by atoms with Gasteiger partial charge in [0.2, 0.25) is 0 Å². The topological polar surface area (TPSA) is 47.6 Å². The highest BCUT2D eigenvalue weighted by molar-refractivity contribution is 8.13. The van der Waals surface area contributed by atoms with Gasteiger partial charge in [0.15, 0.2) is 5.76 Å². The summed E-state index contributed by atoms with van der Waals surface area (Å²) in [6, 6.07) is 7.58. The van der Waals surface area contributed by atoms with Gasteiger partial charge in [-0.05, 0) is 18.4 Å². The zero-order chi connectivity index (χ0) is 12.3. The summed E-state index contributed by atoms with van der Waals surface area (Å²) in [5.74, 6) is 1.09. The molecule has 90 valence electrons. The van der Waals surface area contributed by atoms with Crippen LogP contribution in [0, 0.1) is 0 Å². The molecule has 0 spiro atoms. The first-order valence-electron chi connectivity index (χ1n) is 5.10. The third kappa shape index (κ3) is 2.39. The Labute approximate surface area is 104 Å². The molecule has 0 amide bonds. The maximum atomic E-state index is 11.6. The van der Waals surface area contributed by atoms with Gasteiger partial charge in [-0.15, -0.1) is 0 Å². The summed E-state index contributed by atoms with van der Waals surface area (Å²) >= 11 is 1.12. The van der Waals surface area contributed by atoms with E-state index in [0.29, 0.717) is 18.1 Å². The molecule has 1 aliphatic rings. The highest BCUT2D eigenvalue weighted by atomic mass is 32.2. The van der Waals surface area contributed by atoms with Crippen molar-refractivity contribution in [3.63, 3.8) is 0 Å². The van der Waals surface area contributed by atoms with Crippen LogP contribution >= 0.6 is 11.8 Å². The molecule has 1 aromatic rings. The van der Waals surface area contributed by atoms with Crippen molar-refractivity contribution in [2.45, 2.75) is 0 Å². The Morgan fingerprint density at radius 3 is 2.94 bits per heavy atom. The van der Waals surface area contributed by atoms with E-state index in [1.807, 2.05) is 24.3 Å². The lowest BCUT2D eigenvalue weighted by Crippen LogP contribution is -2.21. The van der Waals surface area contributed by atoms with E-state index in [-0.39, 0.29) is 5.12 Å². The van der Waals surface area contributed by atoms with Crippen molar-refractivity contribution >= 4 is 22.6 Å². The van der Waals surface area contributed by atoms with E-state index in [0.717, 1.165) is 23.2 Å². The second-order valence-corrected chi connectivity index (χ2v) is 4.19. The van der Waals surface area contributed by atoms with Crippen molar-refractivity contribution in [3.05, 3.63) is 35.7 Å². The van der Waals surface area contributed by atoms with E-state index in [9.17, 15) is 4.79 Å². The Bertz CT molecular complexity index is 471. The minimum atomic E-state index is -0.113. The van der Waals surface area contributed by atoms with E-state index < -0.39 is 0 Å². The largest absolute Gasteiger partial charge is 0.490 e. The fourth-order valence-electron chi connectivity index (χ4n) is 1.59. The van der Waals surface area contributed by atoms with Gasteiger partial charge >= 0.3 is 0 Å². The lowest BCUT2D eigenvalue weighted by Gasteiger charge is -2.23. The molecule has 0 bridgehead atoms. The Morgan fingerprint density at radius 1 is 1.47 bits per heavy atom. The van der Waals surface area contributed by atoms with Crippen LogP contribution in [-0.2, 0) is 9.53 Å². The van der Waals surface area contributed by atoms with Crippen LogP contribution in [0.4, 0.5) is 5.69 Å². The minimum Gasteiger partial charge on any atom is -0.490 e. The molecule has 1 N–H and O–H groups in total. The van der Waals surface area contributed by atoms with E-state index in [4.69, 9.17) is 9.47 Å². The van der Waals surface area contributed by atoms with Crippen molar-refractivity contribution in [1.82, 2.24) is 0 Å². The van der Waals surface area contributed by atoms with Crippen molar-refractivity contribution in [1.29, 1.82) is 0 Å². The van der Waals surface area contributed by atoms with E-state index in [1.54, 1.807) is 6.26 Å². The molecule has 1 aromatic carbocycles. The predicted molar refractivity (Wildman–Crippen MR) is 68.1 cm³/mol. The number of carbonyl (C=O) groups excluding carboxylic acids is 1. The van der Waals surface area contributed by atoms with Gasteiger partial charge in [-0.1, -0.05) is 23.9 Å². The van der Waals surface area contributed by atoms with Gasteiger partial charge in [-0.3, -0.25) is 4.79 Å². The molecular formula is C12H13NO3S. The Morgan fingerprint density at radius 2 is 2.24 bits per heavy atom. The molecular weight excluding hydrogens is 238 g/mol. The van der Waals surface area contributed by atoms with Crippen LogP contribution in [0.25, 0.3) is 0 Å². The number of methoxy groups -OCH3 is 1. The van der Waals surface area contributed by atoms with Crippen LogP contribution in [0.1, 0.15) is 0 Å². The number of carbonyl (C=O) groups is 1. The second-order valence-electron chi connectivity index (χ2n) is 3.41. The minimum absolute atomic E-state index is 0.113. The molecule has 5 heteroatoms. The number of nitrogens with one attached hydrogen (secondary N) is 1. The van der Waals surface area contributed by atoms with Crippen molar-refractivity contribution in [2.24, 2.45) is 0 Å². The quantitative estimate of drug-likeness (QED) is 0.645. The molecule has 0 saturated heterocycles. The van der Waals surface area contributed by atoms with Crippen molar-refractivity contribution in [2.75, 3.05) is 25.3 Å². The highest BCUT2D eigenvalue weighted by Crippen LogP contribution is 2.30. The summed E-state index contributed by atoms with van der Waals surface area (Å²) in [5, 5.41) is 3.05. The first-order chi connectivity index (χ1) is 8.26. The fraction of sp³-hybridized carbons (Fsp3) is 0.250. The molecule has 0 aromatic heterocycles. The van der Waals surface area contributed by atoms with Crippen molar-refractivity contribution in [3.8, 4) is 5.75 Å². The molecule has 0 saturated carbocycles. The van der Waals surface area contributed by atoms with Gasteiger partial charge in [-0.2, -0.15) is 0 Å². The molecule has 1 aliphatic heterocycles. The SMILES string of the molecule is CO/C(C(=O)SC)=C1\COc2ccccc2N1. The summed E-state index contributed by atoms with van der Waals surface area (Å²) in [6.07, 6.45) is 1.72. The lowest BCUT2D eigenvalue weighted by atomic mass is 10.2. The maximum absolute atomic E-state index is 11.6. The number of fused-ring (bicyclic) bond motifs is 1. The molecule has 1 heterocycles. The fourth-order valence-corrected chi connectivity index (χ4v) is 1.98. The lowest BCUT2D eigenvalue weighted by molar-refractivity contribution is -0.110. The number of para-hydroxylation sites is 2. The Hall–Kier alpha value is -1.62. The molecule has 4 nitrogen and oxygen atoms in total. The summed E-state index contributed by atoms with van der Waals surface area (Å²) in [6.45, 7) is 0.312. The molecule has 0 radical (unpaired) electrons. The molecule has 0 unspecified atom stereocenters. The van der Waals surface area contributed by atoms with Crippen LogP contribution in [0.5, 0.6) is 5.75 Å². The third-order valence-electron chi connectivity index (χ3n) is 2.39. The predicted octanol–water partition coefficient (Wildman–Crippen LogP) is 2.24. The number of rotatable bonds is 2. The van der Waals surface area contributed by atoms with Crippen LogP contribution in [0.3, 0.4) is 0 Å². The number of thioether (sulfide) groups is 1. The normalized spacial score (nSPS) is 16.4. The van der Waals surface area contributed by atoms with E-state index in [1.165, 1.54) is 7.11 Å². The van der Waals surface area contributed by atoms with Crippen LogP contribution in [-0.4, -0.2) is 25.1 Å². The Balaban J connectivity index is 2.32. The average molecular weight is 251 g/mol. The van der Waals surface area contributed by atoms with Gasteiger partial charge in [0.1, 0.15) is 18.1 Å². The summed E-state index contributed by atoms with van der Waals surface area (Å²) in [4.78, 5) is 11.6. The van der Waals surface area contributed by atoms with Crippen LogP contribution in [0.15, 0.2) is 35.7 Å². The number of hydrogen-bond donors (Lipinski definition) is 1. The smallest absolute Gasteiger partial charge is 0.255 e. The summed E-state index contributed by atoms with van der Waals surface area (Å²) < 4.78 is 10.7. The van der Waals surface area contributed by atoms with Gasteiger partial charge in [0.05, 0.1) is 12.8 Å². The number of benzene rings is 1. The zero-order valence-electron chi connectivity index (χ0n) is 9.65. The first kappa shape index (κ1) is 11.9.